The maximum Gasteiger partial charge on any atom is 0.274 e. The molecule has 6 nitrogen and oxygen atoms in total. The zero-order valence-corrected chi connectivity index (χ0v) is 7.72. The van der Waals surface area contributed by atoms with Crippen molar-refractivity contribution < 1.29 is 30.6 Å². The van der Waals surface area contributed by atoms with Crippen molar-refractivity contribution in [2.24, 2.45) is 0 Å². The molecule has 0 aromatic rings. The van der Waals surface area contributed by atoms with Gasteiger partial charge in [-0.2, -0.15) is 0 Å². The Morgan fingerprint density at radius 2 is 0.929 bits per heavy atom. The zero-order valence-electron chi connectivity index (χ0n) is 7.72. The number of hydrogen-bond donors (Lipinski definition) is 6. The molecule has 0 radical (unpaired) electrons. The van der Waals surface area contributed by atoms with E-state index in [1.165, 1.54) is 0 Å². The van der Waals surface area contributed by atoms with Crippen LogP contribution < -0.4 is 0 Å². The van der Waals surface area contributed by atoms with Crippen LogP contribution in [0.15, 0.2) is 0 Å². The molecular weight excluding hydrogens is 192 g/mol. The summed E-state index contributed by atoms with van der Waals surface area (Å²) in [5.74, 6) is -9.14. The highest BCUT2D eigenvalue weighted by atomic mass is 16.7. The van der Waals surface area contributed by atoms with Crippen LogP contribution in [0.5, 0.6) is 0 Å². The Labute approximate surface area is 81.1 Å². The molecule has 84 valence electrons. The SMILES string of the molecule is OC1(O)CCCCCC(O)(O)C1(O)O. The molecule has 0 aliphatic heterocycles. The zero-order chi connectivity index (χ0) is 11.0. The second-order valence-corrected chi connectivity index (χ2v) is 3.87. The average molecular weight is 208 g/mol. The van der Waals surface area contributed by atoms with Crippen molar-refractivity contribution in [2.75, 3.05) is 0 Å². The molecule has 0 saturated heterocycles. The number of rotatable bonds is 0. The van der Waals surface area contributed by atoms with Crippen molar-refractivity contribution >= 4 is 0 Å². The molecular formula is C8H16O6. The second-order valence-electron chi connectivity index (χ2n) is 3.87. The van der Waals surface area contributed by atoms with E-state index in [2.05, 4.69) is 0 Å². The van der Waals surface area contributed by atoms with Crippen molar-refractivity contribution in [3.05, 3.63) is 0 Å². The van der Waals surface area contributed by atoms with Gasteiger partial charge in [-0.25, -0.2) is 0 Å². The number of hydrogen-bond acceptors (Lipinski definition) is 6. The van der Waals surface area contributed by atoms with Gasteiger partial charge in [-0.05, 0) is 12.8 Å². The van der Waals surface area contributed by atoms with Crippen molar-refractivity contribution in [3.63, 3.8) is 0 Å². The Hall–Kier alpha value is -0.240. The Kier molecular flexibility index (Phi) is 2.88. The molecule has 6 N–H and O–H groups in total. The minimum absolute atomic E-state index is 0.317. The van der Waals surface area contributed by atoms with E-state index in [-0.39, 0.29) is 12.8 Å². The van der Waals surface area contributed by atoms with Crippen LogP contribution in [0.2, 0.25) is 0 Å². The summed E-state index contributed by atoms with van der Waals surface area (Å²) < 4.78 is 0. The van der Waals surface area contributed by atoms with E-state index >= 15 is 0 Å². The fraction of sp³-hybridized carbons (Fsp3) is 1.00. The van der Waals surface area contributed by atoms with Gasteiger partial charge in [-0.15, -0.1) is 0 Å². The van der Waals surface area contributed by atoms with Crippen LogP contribution in [-0.4, -0.2) is 48.0 Å². The van der Waals surface area contributed by atoms with E-state index in [1.54, 1.807) is 0 Å². The predicted molar refractivity (Wildman–Crippen MR) is 44.6 cm³/mol. The molecule has 1 saturated carbocycles. The van der Waals surface area contributed by atoms with E-state index in [0.717, 1.165) is 0 Å². The first-order valence-electron chi connectivity index (χ1n) is 4.55. The molecule has 0 bridgehead atoms. The summed E-state index contributed by atoms with van der Waals surface area (Å²) in [7, 11) is 0. The summed E-state index contributed by atoms with van der Waals surface area (Å²) in [6.07, 6.45) is 0.700. The smallest absolute Gasteiger partial charge is 0.274 e. The first kappa shape index (κ1) is 11.8. The topological polar surface area (TPSA) is 121 Å². The van der Waals surface area contributed by atoms with Crippen molar-refractivity contribution in [3.8, 4) is 0 Å². The number of aliphatic hydroxyl groups is 6. The molecule has 0 heterocycles. The van der Waals surface area contributed by atoms with Gasteiger partial charge in [0.05, 0.1) is 0 Å². The third-order valence-electron chi connectivity index (χ3n) is 2.67. The van der Waals surface area contributed by atoms with Gasteiger partial charge in [0.25, 0.3) is 5.79 Å². The van der Waals surface area contributed by atoms with E-state index < -0.39 is 17.4 Å². The molecule has 1 rings (SSSR count). The quantitative estimate of drug-likeness (QED) is 0.256. The lowest BCUT2D eigenvalue weighted by atomic mass is 9.85. The van der Waals surface area contributed by atoms with Crippen LogP contribution in [0.1, 0.15) is 32.1 Å². The highest BCUT2D eigenvalue weighted by molar-refractivity contribution is 4.94. The molecule has 1 aliphatic rings. The summed E-state index contributed by atoms with van der Waals surface area (Å²) in [5.41, 5.74) is 0. The van der Waals surface area contributed by atoms with Crippen LogP contribution in [-0.2, 0) is 0 Å². The molecule has 6 heteroatoms. The minimum Gasteiger partial charge on any atom is -0.361 e. The molecule has 0 atom stereocenters. The predicted octanol–water partition coefficient (Wildman–Crippen LogP) is -2.01. The fourth-order valence-electron chi connectivity index (χ4n) is 1.59. The lowest BCUT2D eigenvalue weighted by Crippen LogP contribution is -2.68. The van der Waals surface area contributed by atoms with Gasteiger partial charge >= 0.3 is 0 Å². The summed E-state index contributed by atoms with van der Waals surface area (Å²) in [5, 5.41) is 55.7. The Morgan fingerprint density at radius 1 is 0.571 bits per heavy atom. The summed E-state index contributed by atoms with van der Waals surface area (Å²) in [4.78, 5) is 0. The average Bonchev–Trinajstić information content (AvgIpc) is 2.01. The standard InChI is InChI=1S/C8H16O6/c9-6(10)4-2-1-3-5-7(11,12)8(6,13)14/h9-14H,1-5H2. The lowest BCUT2D eigenvalue weighted by molar-refractivity contribution is -0.456. The molecule has 1 aliphatic carbocycles. The Balaban J connectivity index is 2.98. The summed E-state index contributed by atoms with van der Waals surface area (Å²) in [6.45, 7) is 0. The van der Waals surface area contributed by atoms with Gasteiger partial charge in [-0.1, -0.05) is 6.42 Å². The van der Waals surface area contributed by atoms with Crippen LogP contribution in [0.4, 0.5) is 0 Å². The van der Waals surface area contributed by atoms with Crippen molar-refractivity contribution in [1.29, 1.82) is 0 Å². The van der Waals surface area contributed by atoms with Gasteiger partial charge in [0.2, 0.25) is 11.6 Å². The van der Waals surface area contributed by atoms with Gasteiger partial charge in [-0.3, -0.25) is 0 Å². The van der Waals surface area contributed by atoms with Gasteiger partial charge in [0, 0.05) is 12.8 Å². The molecule has 0 aromatic carbocycles. The summed E-state index contributed by atoms with van der Waals surface area (Å²) >= 11 is 0. The van der Waals surface area contributed by atoms with Crippen LogP contribution in [0.25, 0.3) is 0 Å². The van der Waals surface area contributed by atoms with E-state index in [9.17, 15) is 30.6 Å². The van der Waals surface area contributed by atoms with Crippen LogP contribution in [0.3, 0.4) is 0 Å². The molecule has 14 heavy (non-hydrogen) atoms. The fourth-order valence-corrected chi connectivity index (χ4v) is 1.59. The maximum atomic E-state index is 9.29. The van der Waals surface area contributed by atoms with Gasteiger partial charge < -0.3 is 30.6 Å². The molecule has 1 fully saturated rings. The molecule has 0 aromatic heterocycles. The highest BCUT2D eigenvalue weighted by Gasteiger charge is 2.60. The van der Waals surface area contributed by atoms with Crippen LogP contribution in [0, 0.1) is 0 Å². The third kappa shape index (κ3) is 1.77. The van der Waals surface area contributed by atoms with Gasteiger partial charge in [0.1, 0.15) is 0 Å². The monoisotopic (exact) mass is 208 g/mol. The first-order chi connectivity index (χ1) is 6.21. The normalized spacial score (nSPS) is 30.4. The molecule has 0 spiro atoms. The van der Waals surface area contributed by atoms with Crippen molar-refractivity contribution in [1.82, 2.24) is 0 Å². The van der Waals surface area contributed by atoms with Crippen molar-refractivity contribution in [2.45, 2.75) is 49.5 Å². The van der Waals surface area contributed by atoms with E-state index in [4.69, 9.17) is 0 Å². The maximum absolute atomic E-state index is 9.29. The Morgan fingerprint density at radius 3 is 1.29 bits per heavy atom. The van der Waals surface area contributed by atoms with E-state index in [0.29, 0.717) is 19.3 Å². The third-order valence-corrected chi connectivity index (χ3v) is 2.67. The highest BCUT2D eigenvalue weighted by Crippen LogP contribution is 2.36. The second kappa shape index (κ2) is 3.41. The first-order valence-corrected chi connectivity index (χ1v) is 4.55. The largest absolute Gasteiger partial charge is 0.361 e. The Bertz CT molecular complexity index is 190. The lowest BCUT2D eigenvalue weighted by Gasteiger charge is -2.44. The molecule has 0 amide bonds. The summed E-state index contributed by atoms with van der Waals surface area (Å²) in [6, 6.07) is 0. The molecule has 0 unspecified atom stereocenters. The van der Waals surface area contributed by atoms with E-state index in [1.807, 2.05) is 0 Å². The van der Waals surface area contributed by atoms with Gasteiger partial charge in [0.15, 0.2) is 0 Å². The van der Waals surface area contributed by atoms with Crippen LogP contribution >= 0.6 is 0 Å². The minimum atomic E-state index is -3.33.